The molecule has 0 aliphatic rings. The largest absolute Gasteiger partial charge is 0.481 e. The third-order valence-electron chi connectivity index (χ3n) is 1.89. The minimum atomic E-state index is -1.19. The molecule has 1 amide bonds. The van der Waals surface area contributed by atoms with Crippen molar-refractivity contribution >= 4 is 18.0 Å². The molecule has 0 aliphatic carbocycles. The van der Waals surface area contributed by atoms with Crippen LogP contribution in [0.25, 0.3) is 6.08 Å². The van der Waals surface area contributed by atoms with E-state index in [0.29, 0.717) is 0 Å². The molecule has 0 atom stereocenters. The molecule has 4 nitrogen and oxygen atoms in total. The lowest BCUT2D eigenvalue weighted by molar-refractivity contribution is -0.136. The van der Waals surface area contributed by atoms with Crippen molar-refractivity contribution in [1.29, 1.82) is 0 Å². The topological polar surface area (TPSA) is 80.4 Å². The molecule has 16 heavy (non-hydrogen) atoms. The Morgan fingerprint density at radius 1 is 1.38 bits per heavy atom. The van der Waals surface area contributed by atoms with Crippen LogP contribution in [-0.4, -0.2) is 17.0 Å². The first kappa shape index (κ1) is 11.9. The Balaban J connectivity index is 3.07. The first-order valence-electron chi connectivity index (χ1n) is 4.47. The molecule has 0 unspecified atom stereocenters. The molecular formula is C11H10FNO3. The number of rotatable bonds is 4. The number of amides is 1. The molecule has 0 heterocycles. The summed E-state index contributed by atoms with van der Waals surface area (Å²) in [5.74, 6) is -2.60. The molecule has 1 aromatic rings. The van der Waals surface area contributed by atoms with Gasteiger partial charge in [-0.2, -0.15) is 0 Å². The zero-order chi connectivity index (χ0) is 12.1. The number of halogens is 1. The van der Waals surface area contributed by atoms with Gasteiger partial charge in [0.15, 0.2) is 0 Å². The third kappa shape index (κ3) is 3.20. The van der Waals surface area contributed by atoms with Gasteiger partial charge in [-0.15, -0.1) is 0 Å². The number of hydrogen-bond donors (Lipinski definition) is 2. The summed E-state index contributed by atoms with van der Waals surface area (Å²) >= 11 is 0. The van der Waals surface area contributed by atoms with Crippen molar-refractivity contribution in [3.8, 4) is 0 Å². The number of carbonyl (C=O) groups is 2. The minimum absolute atomic E-state index is 0.137. The van der Waals surface area contributed by atoms with E-state index in [2.05, 4.69) is 0 Å². The van der Waals surface area contributed by atoms with E-state index in [1.54, 1.807) is 6.07 Å². The molecule has 0 saturated carbocycles. The predicted octanol–water partition coefficient (Wildman–Crippen LogP) is 1.17. The lowest BCUT2D eigenvalue weighted by atomic mass is 10.1. The Morgan fingerprint density at radius 2 is 2.00 bits per heavy atom. The smallest absolute Gasteiger partial charge is 0.308 e. The van der Waals surface area contributed by atoms with Crippen molar-refractivity contribution < 1.29 is 19.1 Å². The van der Waals surface area contributed by atoms with E-state index >= 15 is 0 Å². The second kappa shape index (κ2) is 5.06. The summed E-state index contributed by atoms with van der Waals surface area (Å²) in [4.78, 5) is 21.4. The molecule has 0 aliphatic heterocycles. The molecule has 0 aromatic heterocycles. The number of aliphatic carboxylic acids is 1. The van der Waals surface area contributed by atoms with E-state index in [9.17, 15) is 14.0 Å². The van der Waals surface area contributed by atoms with E-state index in [-0.39, 0.29) is 11.1 Å². The fraction of sp³-hybridized carbons (Fsp3) is 0.0909. The van der Waals surface area contributed by atoms with Crippen LogP contribution in [0.15, 0.2) is 29.8 Å². The van der Waals surface area contributed by atoms with E-state index < -0.39 is 24.1 Å². The maximum Gasteiger partial charge on any atom is 0.308 e. The molecule has 3 N–H and O–H groups in total. The highest BCUT2D eigenvalue weighted by molar-refractivity contribution is 6.00. The molecule has 1 rings (SSSR count). The van der Waals surface area contributed by atoms with Gasteiger partial charge in [0.05, 0.1) is 6.42 Å². The Bertz CT molecular complexity index is 454. The van der Waals surface area contributed by atoms with Crippen LogP contribution in [0.1, 0.15) is 12.0 Å². The van der Waals surface area contributed by atoms with Gasteiger partial charge in [0.1, 0.15) is 5.82 Å². The summed E-state index contributed by atoms with van der Waals surface area (Å²) in [7, 11) is 0. The fourth-order valence-electron chi connectivity index (χ4n) is 1.15. The first-order chi connectivity index (χ1) is 7.50. The zero-order valence-electron chi connectivity index (χ0n) is 8.31. The standard InChI is InChI=1S/C11H10FNO3/c12-9-4-2-1-3-7(9)5-8(11(13)16)6-10(14)15/h1-5H,6H2,(H2,13,16)(H,14,15). The highest BCUT2D eigenvalue weighted by Gasteiger charge is 2.10. The van der Waals surface area contributed by atoms with Crippen molar-refractivity contribution in [3.63, 3.8) is 0 Å². The van der Waals surface area contributed by atoms with Crippen LogP contribution >= 0.6 is 0 Å². The number of carboxylic acids is 1. The lowest BCUT2D eigenvalue weighted by Crippen LogP contribution is -2.16. The van der Waals surface area contributed by atoms with Gasteiger partial charge in [0, 0.05) is 11.1 Å². The number of carbonyl (C=O) groups excluding carboxylic acids is 1. The molecular weight excluding hydrogens is 213 g/mol. The lowest BCUT2D eigenvalue weighted by Gasteiger charge is -2.01. The van der Waals surface area contributed by atoms with Crippen molar-refractivity contribution in [1.82, 2.24) is 0 Å². The van der Waals surface area contributed by atoms with Gasteiger partial charge in [0.2, 0.25) is 5.91 Å². The van der Waals surface area contributed by atoms with Crippen LogP contribution in [0.4, 0.5) is 4.39 Å². The maximum atomic E-state index is 13.2. The van der Waals surface area contributed by atoms with Crippen molar-refractivity contribution in [2.24, 2.45) is 5.73 Å². The van der Waals surface area contributed by atoms with E-state index in [4.69, 9.17) is 10.8 Å². The van der Waals surface area contributed by atoms with Crippen LogP contribution in [-0.2, 0) is 9.59 Å². The van der Waals surface area contributed by atoms with Gasteiger partial charge in [0.25, 0.3) is 0 Å². The SMILES string of the molecule is NC(=O)C(=Cc1ccccc1F)CC(=O)O. The normalized spacial score (nSPS) is 11.2. The van der Waals surface area contributed by atoms with Gasteiger partial charge < -0.3 is 10.8 Å². The summed E-state index contributed by atoms with van der Waals surface area (Å²) in [5.41, 5.74) is 4.99. The Morgan fingerprint density at radius 3 is 2.50 bits per heavy atom. The number of carboxylic acid groups (broad SMARTS) is 1. The molecule has 1 aromatic carbocycles. The number of primary amides is 1. The maximum absolute atomic E-state index is 13.2. The highest BCUT2D eigenvalue weighted by Crippen LogP contribution is 2.13. The summed E-state index contributed by atoms with van der Waals surface area (Å²) < 4.78 is 13.2. The molecule has 0 spiro atoms. The highest BCUT2D eigenvalue weighted by atomic mass is 19.1. The van der Waals surface area contributed by atoms with Crippen LogP contribution in [0, 0.1) is 5.82 Å². The molecule has 84 valence electrons. The van der Waals surface area contributed by atoms with Gasteiger partial charge in [-0.05, 0) is 12.1 Å². The predicted molar refractivity (Wildman–Crippen MR) is 55.8 cm³/mol. The summed E-state index contributed by atoms with van der Waals surface area (Å²) in [5, 5.41) is 8.54. The van der Waals surface area contributed by atoms with Crippen LogP contribution in [0.2, 0.25) is 0 Å². The summed E-state index contributed by atoms with van der Waals surface area (Å²) in [6.07, 6.45) is 0.620. The van der Waals surface area contributed by atoms with E-state index in [0.717, 1.165) is 6.08 Å². The number of benzene rings is 1. The second-order valence-corrected chi connectivity index (χ2v) is 3.13. The molecule has 0 fully saturated rings. The Kier molecular flexibility index (Phi) is 3.77. The fourth-order valence-corrected chi connectivity index (χ4v) is 1.15. The quantitative estimate of drug-likeness (QED) is 0.752. The van der Waals surface area contributed by atoms with E-state index in [1.807, 2.05) is 0 Å². The minimum Gasteiger partial charge on any atom is -0.481 e. The first-order valence-corrected chi connectivity index (χ1v) is 4.47. The zero-order valence-corrected chi connectivity index (χ0v) is 8.31. The van der Waals surface area contributed by atoms with Gasteiger partial charge in [-0.3, -0.25) is 9.59 Å². The van der Waals surface area contributed by atoms with Gasteiger partial charge in [-0.25, -0.2) is 4.39 Å². The van der Waals surface area contributed by atoms with Crippen LogP contribution in [0.5, 0.6) is 0 Å². The Labute approximate surface area is 91.2 Å². The van der Waals surface area contributed by atoms with Gasteiger partial charge >= 0.3 is 5.97 Å². The van der Waals surface area contributed by atoms with Crippen LogP contribution < -0.4 is 5.73 Å². The van der Waals surface area contributed by atoms with E-state index in [1.165, 1.54) is 18.2 Å². The summed E-state index contributed by atoms with van der Waals surface area (Å²) in [6.45, 7) is 0. The third-order valence-corrected chi connectivity index (χ3v) is 1.89. The average Bonchev–Trinajstić information content (AvgIpc) is 2.19. The number of nitrogens with two attached hydrogens (primary N) is 1. The van der Waals surface area contributed by atoms with Crippen molar-refractivity contribution in [3.05, 3.63) is 41.2 Å². The molecule has 0 saturated heterocycles. The molecule has 0 bridgehead atoms. The van der Waals surface area contributed by atoms with Gasteiger partial charge in [-0.1, -0.05) is 18.2 Å². The monoisotopic (exact) mass is 223 g/mol. The molecule has 0 radical (unpaired) electrons. The second-order valence-electron chi connectivity index (χ2n) is 3.13. The van der Waals surface area contributed by atoms with Crippen molar-refractivity contribution in [2.45, 2.75) is 6.42 Å². The van der Waals surface area contributed by atoms with Crippen LogP contribution in [0.3, 0.4) is 0 Å². The Hall–Kier alpha value is -2.17. The van der Waals surface area contributed by atoms with Crippen molar-refractivity contribution in [2.75, 3.05) is 0 Å². The molecule has 5 heteroatoms. The number of hydrogen-bond acceptors (Lipinski definition) is 2. The average molecular weight is 223 g/mol. The summed E-state index contributed by atoms with van der Waals surface area (Å²) in [6, 6.07) is 5.72.